The fourth-order valence-electron chi connectivity index (χ4n) is 4.13. The normalized spacial score (nSPS) is 11.2. The largest absolute Gasteiger partial charge is 0.472 e. The Kier molecular flexibility index (Phi) is 6.67. The molecule has 0 radical (unpaired) electrons. The number of carbonyl (C=O) groups excluding carboxylic acids is 1. The van der Waals surface area contributed by atoms with E-state index in [1.165, 1.54) is 17.4 Å². The van der Waals surface area contributed by atoms with Crippen LogP contribution >= 0.6 is 11.6 Å². The van der Waals surface area contributed by atoms with Crippen molar-refractivity contribution in [3.63, 3.8) is 0 Å². The predicted molar refractivity (Wildman–Crippen MR) is 135 cm³/mol. The maximum absolute atomic E-state index is 14.3. The van der Waals surface area contributed by atoms with Crippen LogP contribution in [0.4, 0.5) is 23.7 Å². The third-order valence-corrected chi connectivity index (χ3v) is 6.12. The van der Waals surface area contributed by atoms with Gasteiger partial charge in [0.25, 0.3) is 0 Å². The third kappa shape index (κ3) is 5.20. The van der Waals surface area contributed by atoms with Crippen LogP contribution in [-0.4, -0.2) is 10.9 Å². The minimum absolute atomic E-state index is 0.0445. The lowest BCUT2D eigenvalue weighted by atomic mass is 10.0. The van der Waals surface area contributed by atoms with Gasteiger partial charge < -0.3 is 19.1 Å². The van der Waals surface area contributed by atoms with Crippen LogP contribution in [0.2, 0.25) is 5.02 Å². The van der Waals surface area contributed by atoms with Crippen molar-refractivity contribution in [1.82, 2.24) is 4.90 Å². The summed E-state index contributed by atoms with van der Waals surface area (Å²) in [7, 11) is 0. The van der Waals surface area contributed by atoms with Crippen molar-refractivity contribution in [2.45, 2.75) is 20.0 Å². The highest BCUT2D eigenvalue weighted by Crippen LogP contribution is 2.37. The topological polar surface area (TPSA) is 58.6 Å². The van der Waals surface area contributed by atoms with Gasteiger partial charge in [0, 0.05) is 33.7 Å². The number of nitrogens with one attached hydrogen (secondary N) is 1. The lowest BCUT2D eigenvalue weighted by molar-refractivity contribution is 0.201. The first-order chi connectivity index (χ1) is 17.8. The zero-order valence-electron chi connectivity index (χ0n) is 19.5. The van der Waals surface area contributed by atoms with E-state index in [-0.39, 0.29) is 13.1 Å². The summed E-state index contributed by atoms with van der Waals surface area (Å²) in [5.74, 6) is -3.08. The Labute approximate surface area is 215 Å². The molecule has 0 aliphatic carbocycles. The zero-order chi connectivity index (χ0) is 26.1. The summed E-state index contributed by atoms with van der Waals surface area (Å²) in [6.45, 7) is 1.96. The van der Waals surface area contributed by atoms with Crippen LogP contribution in [0.3, 0.4) is 0 Å². The summed E-state index contributed by atoms with van der Waals surface area (Å²) in [5.41, 5.74) is 3.12. The molecule has 37 heavy (non-hydrogen) atoms. The molecule has 1 N–H and O–H groups in total. The highest BCUT2D eigenvalue weighted by Gasteiger charge is 2.24. The lowest BCUT2D eigenvalue weighted by Gasteiger charge is -2.22. The minimum Gasteiger partial charge on any atom is -0.472 e. The first-order valence-electron chi connectivity index (χ1n) is 11.3. The average molecular weight is 525 g/mol. The number of hydrogen-bond acceptors (Lipinski definition) is 3. The Morgan fingerprint density at radius 2 is 1.70 bits per heavy atom. The predicted octanol–water partition coefficient (Wildman–Crippen LogP) is 8.31. The number of anilines is 1. The Hall–Kier alpha value is -4.17. The van der Waals surface area contributed by atoms with Crippen LogP contribution in [0.15, 0.2) is 82.0 Å². The highest BCUT2D eigenvalue weighted by molar-refractivity contribution is 6.30. The minimum atomic E-state index is -1.23. The van der Waals surface area contributed by atoms with Gasteiger partial charge in [0.1, 0.15) is 22.8 Å². The molecule has 0 bridgehead atoms. The standard InChI is InChI=1S/C28H20ClF3N2O3/c1-16-2-7-24-21(10-16)26(18-3-5-19(29)6-4-18)25(37-24)14-34(13-17-8-9-36-15-17)28(35)33-27-22(31)11-20(30)12-23(27)32/h2-12,15H,13-14H2,1H3,(H,33,35). The monoisotopic (exact) mass is 524 g/mol. The van der Waals surface area contributed by atoms with Gasteiger partial charge in [-0.3, -0.25) is 0 Å². The summed E-state index contributed by atoms with van der Waals surface area (Å²) in [6.07, 6.45) is 2.91. The van der Waals surface area contributed by atoms with Crippen molar-refractivity contribution in [3.8, 4) is 11.1 Å². The summed E-state index contributed by atoms with van der Waals surface area (Å²) in [4.78, 5) is 14.6. The Balaban J connectivity index is 1.56. The quantitative estimate of drug-likeness (QED) is 0.243. The van der Waals surface area contributed by atoms with Crippen molar-refractivity contribution in [1.29, 1.82) is 0 Å². The molecule has 0 aliphatic rings. The fraction of sp³-hybridized carbons (Fsp3) is 0.107. The van der Waals surface area contributed by atoms with E-state index in [9.17, 15) is 18.0 Å². The van der Waals surface area contributed by atoms with Crippen molar-refractivity contribution in [2.75, 3.05) is 5.32 Å². The second-order valence-electron chi connectivity index (χ2n) is 8.57. The lowest BCUT2D eigenvalue weighted by Crippen LogP contribution is -2.34. The molecule has 188 valence electrons. The molecule has 0 aliphatic heterocycles. The van der Waals surface area contributed by atoms with Gasteiger partial charge in [-0.25, -0.2) is 18.0 Å². The SMILES string of the molecule is Cc1ccc2oc(CN(Cc3ccoc3)C(=O)Nc3c(F)cc(F)cc3F)c(-c3ccc(Cl)cc3)c2c1. The number of urea groups is 1. The van der Waals surface area contributed by atoms with Crippen LogP contribution in [0.25, 0.3) is 22.1 Å². The van der Waals surface area contributed by atoms with E-state index in [4.69, 9.17) is 20.4 Å². The molecule has 5 aromatic rings. The van der Waals surface area contributed by atoms with E-state index < -0.39 is 29.2 Å². The molecule has 0 atom stereocenters. The van der Waals surface area contributed by atoms with Gasteiger partial charge in [-0.05, 0) is 42.8 Å². The second-order valence-corrected chi connectivity index (χ2v) is 9.01. The first-order valence-corrected chi connectivity index (χ1v) is 11.7. The Morgan fingerprint density at radius 3 is 2.38 bits per heavy atom. The molecule has 0 fully saturated rings. The van der Waals surface area contributed by atoms with E-state index in [0.717, 1.165) is 22.1 Å². The van der Waals surface area contributed by atoms with Gasteiger partial charge >= 0.3 is 6.03 Å². The zero-order valence-corrected chi connectivity index (χ0v) is 20.3. The summed E-state index contributed by atoms with van der Waals surface area (Å²) in [6, 6.07) is 14.8. The van der Waals surface area contributed by atoms with Crippen molar-refractivity contribution >= 4 is 34.3 Å². The van der Waals surface area contributed by atoms with Crippen LogP contribution < -0.4 is 5.32 Å². The fourth-order valence-corrected chi connectivity index (χ4v) is 4.26. The van der Waals surface area contributed by atoms with Crippen LogP contribution in [-0.2, 0) is 13.1 Å². The van der Waals surface area contributed by atoms with E-state index in [2.05, 4.69) is 5.32 Å². The number of halogens is 4. The molecular formula is C28H20ClF3N2O3. The molecule has 2 aromatic heterocycles. The molecule has 9 heteroatoms. The third-order valence-electron chi connectivity index (χ3n) is 5.86. The van der Waals surface area contributed by atoms with E-state index in [1.807, 2.05) is 37.3 Å². The van der Waals surface area contributed by atoms with Crippen molar-refractivity contribution < 1.29 is 26.8 Å². The van der Waals surface area contributed by atoms with Crippen LogP contribution in [0, 0.1) is 24.4 Å². The molecule has 0 unspecified atom stereocenters. The van der Waals surface area contributed by atoms with Gasteiger partial charge in [0.2, 0.25) is 0 Å². The molecule has 5 rings (SSSR count). The van der Waals surface area contributed by atoms with Gasteiger partial charge in [-0.15, -0.1) is 0 Å². The Bertz CT molecular complexity index is 1560. The van der Waals surface area contributed by atoms with E-state index in [0.29, 0.717) is 34.1 Å². The summed E-state index contributed by atoms with van der Waals surface area (Å²) < 4.78 is 53.2. The van der Waals surface area contributed by atoms with Gasteiger partial charge in [0.15, 0.2) is 11.6 Å². The van der Waals surface area contributed by atoms with Crippen LogP contribution in [0.5, 0.6) is 0 Å². The molecule has 3 aromatic carbocycles. The van der Waals surface area contributed by atoms with Crippen molar-refractivity contribution in [2.24, 2.45) is 0 Å². The van der Waals surface area contributed by atoms with Gasteiger partial charge in [0.05, 0.1) is 25.6 Å². The molecule has 0 saturated carbocycles. The number of benzene rings is 3. The molecule has 5 nitrogen and oxygen atoms in total. The first kappa shape index (κ1) is 24.5. The maximum Gasteiger partial charge on any atom is 0.322 e. The van der Waals surface area contributed by atoms with Gasteiger partial charge in [-0.2, -0.15) is 0 Å². The summed E-state index contributed by atoms with van der Waals surface area (Å²) in [5, 5.41) is 3.64. The summed E-state index contributed by atoms with van der Waals surface area (Å²) >= 11 is 6.10. The van der Waals surface area contributed by atoms with Crippen molar-refractivity contribution in [3.05, 3.63) is 113 Å². The number of hydrogen-bond donors (Lipinski definition) is 1. The highest BCUT2D eigenvalue weighted by atomic mass is 35.5. The average Bonchev–Trinajstić information content (AvgIpc) is 3.49. The molecule has 2 heterocycles. The van der Waals surface area contributed by atoms with Crippen LogP contribution in [0.1, 0.15) is 16.9 Å². The number of fused-ring (bicyclic) bond motifs is 1. The molecular weight excluding hydrogens is 505 g/mol. The maximum atomic E-state index is 14.3. The smallest absolute Gasteiger partial charge is 0.322 e. The number of rotatable bonds is 6. The number of amides is 2. The number of nitrogens with zero attached hydrogens (tertiary/aromatic N) is 1. The second kappa shape index (κ2) is 10.1. The Morgan fingerprint density at radius 1 is 0.973 bits per heavy atom. The molecule has 0 spiro atoms. The number of aryl methyl sites for hydroxylation is 1. The number of furan rings is 2. The number of carbonyl (C=O) groups is 1. The van der Waals surface area contributed by atoms with Gasteiger partial charge in [-0.1, -0.05) is 35.4 Å². The van der Waals surface area contributed by atoms with E-state index in [1.54, 1.807) is 18.2 Å². The molecule has 2 amide bonds. The van der Waals surface area contributed by atoms with E-state index >= 15 is 0 Å². The molecule has 0 saturated heterocycles.